The number of carbonyl (C=O) groups excluding carboxylic acids is 2. The van der Waals surface area contributed by atoms with Crippen molar-refractivity contribution in [1.29, 1.82) is 0 Å². The number of hydrogen-bond acceptors (Lipinski definition) is 5. The van der Waals surface area contributed by atoms with Crippen LogP contribution in [0.3, 0.4) is 0 Å². The van der Waals surface area contributed by atoms with E-state index in [4.69, 9.17) is 4.74 Å². The van der Waals surface area contributed by atoms with Crippen molar-refractivity contribution in [2.45, 2.75) is 65.5 Å². The van der Waals surface area contributed by atoms with Crippen LogP contribution in [0.5, 0.6) is 5.75 Å². The van der Waals surface area contributed by atoms with Crippen LogP contribution in [0.25, 0.3) is 0 Å². The molecule has 0 fully saturated rings. The second-order valence-electron chi connectivity index (χ2n) is 10.9. The quantitative estimate of drug-likeness (QED) is 0.220. The summed E-state index contributed by atoms with van der Waals surface area (Å²) < 4.78 is 32.2. The predicted octanol–water partition coefficient (Wildman–Crippen LogP) is 5.41. The number of benzene rings is 3. The van der Waals surface area contributed by atoms with E-state index in [-0.39, 0.29) is 31.3 Å². The third kappa shape index (κ3) is 10.1. The minimum atomic E-state index is -3.57. The van der Waals surface area contributed by atoms with E-state index in [0.717, 1.165) is 35.1 Å². The molecule has 3 aromatic rings. The average molecular weight is 608 g/mol. The van der Waals surface area contributed by atoms with Gasteiger partial charge >= 0.3 is 0 Å². The second kappa shape index (κ2) is 16.1. The van der Waals surface area contributed by atoms with Crippen molar-refractivity contribution < 1.29 is 22.7 Å². The van der Waals surface area contributed by atoms with E-state index >= 15 is 0 Å². The maximum atomic E-state index is 14.0. The average Bonchev–Trinajstić information content (AvgIpc) is 2.98. The van der Waals surface area contributed by atoms with Crippen LogP contribution in [0.2, 0.25) is 0 Å². The highest BCUT2D eigenvalue weighted by atomic mass is 32.2. The van der Waals surface area contributed by atoms with Crippen LogP contribution in [-0.2, 0) is 32.6 Å². The minimum Gasteiger partial charge on any atom is -0.497 e. The van der Waals surface area contributed by atoms with Gasteiger partial charge in [0.2, 0.25) is 21.8 Å². The standard InChI is InChI=1S/C34H45N3O5S/c1-6-7-20-35-34(39)32(24-28-13-9-8-10-14-28)36(25-29-15-11-16-31(23-29)42-4)33(38)17-12-21-37(43(5,40)41)30-19-18-26(2)27(3)22-30/h8-11,13-16,18-19,22-23,32H,6-7,12,17,20-21,24-25H2,1-5H3,(H,35,39)/t32-/m0/s1. The Kier molecular flexibility index (Phi) is 12.6. The van der Waals surface area contributed by atoms with Gasteiger partial charge in [-0.05, 0) is 73.2 Å². The monoisotopic (exact) mass is 607 g/mol. The van der Waals surface area contributed by atoms with E-state index in [0.29, 0.717) is 30.8 Å². The number of anilines is 1. The smallest absolute Gasteiger partial charge is 0.243 e. The van der Waals surface area contributed by atoms with E-state index in [9.17, 15) is 18.0 Å². The molecule has 0 saturated heterocycles. The molecule has 0 radical (unpaired) electrons. The molecule has 0 aromatic heterocycles. The highest BCUT2D eigenvalue weighted by Gasteiger charge is 2.30. The molecule has 0 aliphatic rings. The molecule has 1 atom stereocenters. The van der Waals surface area contributed by atoms with Crippen molar-refractivity contribution in [3.63, 3.8) is 0 Å². The molecule has 0 unspecified atom stereocenters. The lowest BCUT2D eigenvalue weighted by atomic mass is 10.0. The van der Waals surface area contributed by atoms with Crippen LogP contribution >= 0.6 is 0 Å². The van der Waals surface area contributed by atoms with Gasteiger partial charge in [-0.25, -0.2) is 8.42 Å². The fourth-order valence-electron chi connectivity index (χ4n) is 4.91. The summed E-state index contributed by atoms with van der Waals surface area (Å²) in [4.78, 5) is 29.2. The molecule has 0 aliphatic carbocycles. The Labute approximate surface area is 257 Å². The van der Waals surface area contributed by atoms with Gasteiger partial charge in [0.25, 0.3) is 0 Å². The van der Waals surface area contributed by atoms with Crippen molar-refractivity contribution in [2.75, 3.05) is 30.8 Å². The van der Waals surface area contributed by atoms with Gasteiger partial charge in [0.1, 0.15) is 11.8 Å². The molecular weight excluding hydrogens is 562 g/mol. The molecule has 2 amide bonds. The van der Waals surface area contributed by atoms with Gasteiger partial charge in [-0.2, -0.15) is 0 Å². The highest BCUT2D eigenvalue weighted by molar-refractivity contribution is 7.92. The van der Waals surface area contributed by atoms with Crippen molar-refractivity contribution in [2.24, 2.45) is 0 Å². The van der Waals surface area contributed by atoms with Crippen LogP contribution in [0, 0.1) is 13.8 Å². The molecule has 8 nitrogen and oxygen atoms in total. The first-order chi connectivity index (χ1) is 20.5. The summed E-state index contributed by atoms with van der Waals surface area (Å²) in [7, 11) is -1.99. The molecule has 0 bridgehead atoms. The lowest BCUT2D eigenvalue weighted by Crippen LogP contribution is -2.50. The van der Waals surface area contributed by atoms with Crippen LogP contribution in [0.1, 0.15) is 54.9 Å². The van der Waals surface area contributed by atoms with Crippen LogP contribution < -0.4 is 14.4 Å². The molecule has 9 heteroatoms. The zero-order chi connectivity index (χ0) is 31.4. The number of ether oxygens (including phenoxy) is 1. The van der Waals surface area contributed by atoms with Crippen LogP contribution in [0.4, 0.5) is 5.69 Å². The van der Waals surface area contributed by atoms with Gasteiger partial charge in [-0.3, -0.25) is 13.9 Å². The summed E-state index contributed by atoms with van der Waals surface area (Å²) >= 11 is 0. The Morgan fingerprint density at radius 2 is 1.63 bits per heavy atom. The molecule has 0 heterocycles. The zero-order valence-corrected chi connectivity index (χ0v) is 26.8. The lowest BCUT2D eigenvalue weighted by Gasteiger charge is -2.32. The van der Waals surface area contributed by atoms with Crippen molar-refractivity contribution >= 4 is 27.5 Å². The number of carbonyl (C=O) groups is 2. The minimum absolute atomic E-state index is 0.0777. The molecule has 0 saturated carbocycles. The van der Waals surface area contributed by atoms with Crippen LogP contribution in [0.15, 0.2) is 72.8 Å². The number of unbranched alkanes of at least 4 members (excludes halogenated alkanes) is 1. The van der Waals surface area contributed by atoms with Gasteiger partial charge in [0.05, 0.1) is 19.1 Å². The van der Waals surface area contributed by atoms with Gasteiger partial charge in [0, 0.05) is 32.5 Å². The number of methoxy groups -OCH3 is 1. The van der Waals surface area contributed by atoms with E-state index < -0.39 is 16.1 Å². The molecule has 1 N–H and O–H groups in total. The number of sulfonamides is 1. The topological polar surface area (TPSA) is 96.0 Å². The normalized spacial score (nSPS) is 11.9. The first-order valence-electron chi connectivity index (χ1n) is 14.8. The van der Waals surface area contributed by atoms with Crippen molar-refractivity contribution in [1.82, 2.24) is 10.2 Å². The van der Waals surface area contributed by atoms with Gasteiger partial charge in [-0.1, -0.05) is 61.9 Å². The molecular formula is C34H45N3O5S. The summed E-state index contributed by atoms with van der Waals surface area (Å²) in [6, 6.07) is 21.9. The first-order valence-corrected chi connectivity index (χ1v) is 16.7. The zero-order valence-electron chi connectivity index (χ0n) is 26.0. The lowest BCUT2D eigenvalue weighted by molar-refractivity contribution is -0.141. The Morgan fingerprint density at radius 3 is 2.28 bits per heavy atom. The fraction of sp³-hybridized carbons (Fsp3) is 0.412. The number of aryl methyl sites for hydroxylation is 2. The Bertz CT molecular complexity index is 1460. The maximum absolute atomic E-state index is 14.0. The number of rotatable bonds is 16. The van der Waals surface area contributed by atoms with E-state index in [1.807, 2.05) is 80.6 Å². The van der Waals surface area contributed by atoms with Gasteiger partial charge in [-0.15, -0.1) is 0 Å². The number of hydrogen-bond donors (Lipinski definition) is 1. The predicted molar refractivity (Wildman–Crippen MR) is 173 cm³/mol. The molecule has 43 heavy (non-hydrogen) atoms. The molecule has 232 valence electrons. The van der Waals surface area contributed by atoms with Gasteiger partial charge in [0.15, 0.2) is 0 Å². The summed E-state index contributed by atoms with van der Waals surface area (Å²) in [5.41, 5.74) is 4.41. The Morgan fingerprint density at radius 1 is 0.907 bits per heavy atom. The first kappa shape index (κ1) is 33.6. The third-order valence-corrected chi connectivity index (χ3v) is 8.71. The fourth-order valence-corrected chi connectivity index (χ4v) is 5.87. The summed E-state index contributed by atoms with van der Waals surface area (Å²) in [5.74, 6) is 0.235. The molecule has 3 rings (SSSR count). The van der Waals surface area contributed by atoms with Crippen molar-refractivity contribution in [3.8, 4) is 5.75 Å². The van der Waals surface area contributed by atoms with E-state index in [1.165, 1.54) is 10.6 Å². The molecule has 0 spiro atoms. The largest absolute Gasteiger partial charge is 0.497 e. The summed E-state index contributed by atoms with van der Waals surface area (Å²) in [5, 5.41) is 3.03. The van der Waals surface area contributed by atoms with E-state index in [1.54, 1.807) is 18.1 Å². The highest BCUT2D eigenvalue weighted by Crippen LogP contribution is 2.23. The number of nitrogens with one attached hydrogen (secondary N) is 1. The summed E-state index contributed by atoms with van der Waals surface area (Å²) in [6.07, 6.45) is 3.68. The summed E-state index contributed by atoms with van der Waals surface area (Å²) in [6.45, 7) is 6.86. The maximum Gasteiger partial charge on any atom is 0.243 e. The van der Waals surface area contributed by atoms with E-state index in [2.05, 4.69) is 12.2 Å². The van der Waals surface area contributed by atoms with Gasteiger partial charge < -0.3 is 15.0 Å². The molecule has 3 aromatic carbocycles. The molecule has 0 aliphatic heterocycles. The van der Waals surface area contributed by atoms with Crippen molar-refractivity contribution in [3.05, 3.63) is 95.1 Å². The number of nitrogens with zero attached hydrogens (tertiary/aromatic N) is 2. The second-order valence-corrected chi connectivity index (χ2v) is 12.8. The Hall–Kier alpha value is -3.85. The SMILES string of the molecule is CCCCNC(=O)[C@H](Cc1ccccc1)N(Cc1cccc(OC)c1)C(=O)CCCN(c1ccc(C)c(C)c1)S(C)(=O)=O. The number of amides is 2. The Balaban J connectivity index is 1.89. The van der Waals surface area contributed by atoms with Crippen LogP contribution in [-0.4, -0.2) is 57.6 Å². The third-order valence-electron chi connectivity index (χ3n) is 7.52.